The molecule has 1 atom stereocenters. The largest absolute Gasteiger partial charge is 0.380 e. The Morgan fingerprint density at radius 3 is 2.76 bits per heavy atom. The van der Waals surface area contributed by atoms with Crippen LogP contribution in [0.4, 0.5) is 5.69 Å². The third-order valence-corrected chi connectivity index (χ3v) is 2.63. The summed E-state index contributed by atoms with van der Waals surface area (Å²) in [5.41, 5.74) is 6.52. The number of nitrogens with zero attached hydrogens (tertiary/aromatic N) is 1. The Bertz CT molecular complexity index is 382. The normalized spacial score (nSPS) is 12.0. The Morgan fingerprint density at radius 1 is 1.53 bits per heavy atom. The van der Waals surface area contributed by atoms with E-state index in [0.29, 0.717) is 18.0 Å². The maximum Gasteiger partial charge on any atom is 0.224 e. The molecule has 1 rings (SSSR count). The van der Waals surface area contributed by atoms with Crippen molar-refractivity contribution in [2.45, 2.75) is 12.5 Å². The number of carbonyl (C=O) groups is 1. The predicted octanol–water partition coefficient (Wildman–Crippen LogP) is 1.56. The molecule has 0 fully saturated rings. The van der Waals surface area contributed by atoms with E-state index in [9.17, 15) is 4.79 Å². The summed E-state index contributed by atoms with van der Waals surface area (Å²) in [5.74, 6) is 0.0509. The zero-order chi connectivity index (χ0) is 12.8. The van der Waals surface area contributed by atoms with Crippen LogP contribution in [0, 0.1) is 0 Å². The molecule has 0 bridgehead atoms. The van der Waals surface area contributed by atoms with Crippen LogP contribution in [0.5, 0.6) is 0 Å². The smallest absolute Gasteiger partial charge is 0.224 e. The van der Waals surface area contributed by atoms with Gasteiger partial charge in [0.25, 0.3) is 0 Å². The summed E-state index contributed by atoms with van der Waals surface area (Å²) >= 11 is 5.88. The summed E-state index contributed by atoms with van der Waals surface area (Å²) in [6.45, 7) is 0.395. The second kappa shape index (κ2) is 6.47. The van der Waals surface area contributed by atoms with Gasteiger partial charge in [0.15, 0.2) is 0 Å². The van der Waals surface area contributed by atoms with Crippen LogP contribution in [-0.2, 0) is 4.79 Å². The Balaban J connectivity index is 2.61. The second-order valence-electron chi connectivity index (χ2n) is 4.08. The van der Waals surface area contributed by atoms with E-state index in [0.717, 1.165) is 5.69 Å². The van der Waals surface area contributed by atoms with E-state index in [1.54, 1.807) is 25.1 Å². The molecule has 0 saturated carbocycles. The van der Waals surface area contributed by atoms with Gasteiger partial charge in [-0.05, 0) is 18.2 Å². The maximum absolute atomic E-state index is 11.6. The van der Waals surface area contributed by atoms with Gasteiger partial charge < -0.3 is 16.0 Å². The molecule has 0 aliphatic carbocycles. The highest BCUT2D eigenvalue weighted by Gasteiger charge is 2.13. The van der Waals surface area contributed by atoms with Gasteiger partial charge in [-0.3, -0.25) is 4.79 Å². The lowest BCUT2D eigenvalue weighted by Crippen LogP contribution is -2.35. The Labute approximate surface area is 107 Å². The second-order valence-corrected chi connectivity index (χ2v) is 4.52. The monoisotopic (exact) mass is 255 g/mol. The number of halogens is 1. The first-order valence-electron chi connectivity index (χ1n) is 5.45. The summed E-state index contributed by atoms with van der Waals surface area (Å²) in [5, 5.41) is 3.86. The van der Waals surface area contributed by atoms with Gasteiger partial charge in [0.2, 0.25) is 5.91 Å². The fourth-order valence-electron chi connectivity index (χ4n) is 1.40. The highest BCUT2D eigenvalue weighted by molar-refractivity contribution is 6.30. The van der Waals surface area contributed by atoms with Crippen LogP contribution in [-0.4, -0.2) is 37.5 Å². The first kappa shape index (κ1) is 13.8. The van der Waals surface area contributed by atoms with Crippen molar-refractivity contribution in [3.05, 3.63) is 29.3 Å². The molecular formula is C12H18ClN3O. The van der Waals surface area contributed by atoms with Crippen molar-refractivity contribution in [1.29, 1.82) is 0 Å². The molecule has 5 heteroatoms. The topological polar surface area (TPSA) is 58.4 Å². The molecule has 4 nitrogen and oxygen atoms in total. The number of hydrogen-bond acceptors (Lipinski definition) is 3. The van der Waals surface area contributed by atoms with Gasteiger partial charge in [-0.1, -0.05) is 17.7 Å². The summed E-state index contributed by atoms with van der Waals surface area (Å²) in [6.07, 6.45) is 0.371. The zero-order valence-electron chi connectivity index (χ0n) is 10.1. The minimum absolute atomic E-state index is 0.0509. The maximum atomic E-state index is 11.6. The lowest BCUT2D eigenvalue weighted by atomic mass is 10.1. The van der Waals surface area contributed by atoms with Gasteiger partial charge in [0.1, 0.15) is 0 Å². The number of nitrogens with one attached hydrogen (secondary N) is 1. The van der Waals surface area contributed by atoms with Crippen LogP contribution in [0.25, 0.3) is 0 Å². The quantitative estimate of drug-likeness (QED) is 0.840. The molecule has 1 unspecified atom stereocenters. The standard InChI is InChI=1S/C12H18ClN3O/c1-16(2)12(17)7-11(8-14)15-10-5-3-4-9(13)6-10/h3-6,11,15H,7-8,14H2,1-2H3. The van der Waals surface area contributed by atoms with Crippen molar-refractivity contribution in [3.8, 4) is 0 Å². The molecule has 0 radical (unpaired) electrons. The van der Waals surface area contributed by atoms with Crippen molar-refractivity contribution < 1.29 is 4.79 Å². The van der Waals surface area contributed by atoms with E-state index in [4.69, 9.17) is 17.3 Å². The first-order valence-corrected chi connectivity index (χ1v) is 5.83. The van der Waals surface area contributed by atoms with Crippen molar-refractivity contribution in [3.63, 3.8) is 0 Å². The van der Waals surface area contributed by atoms with Crippen LogP contribution < -0.4 is 11.1 Å². The molecule has 0 heterocycles. The van der Waals surface area contributed by atoms with E-state index in [-0.39, 0.29) is 11.9 Å². The van der Waals surface area contributed by atoms with Crippen molar-refractivity contribution in [2.75, 3.05) is 26.0 Å². The summed E-state index contributed by atoms with van der Waals surface area (Å²) in [6, 6.07) is 7.28. The first-order chi connectivity index (χ1) is 8.02. The molecule has 94 valence electrons. The number of anilines is 1. The number of rotatable bonds is 5. The van der Waals surface area contributed by atoms with E-state index in [1.165, 1.54) is 0 Å². The third kappa shape index (κ3) is 4.63. The third-order valence-electron chi connectivity index (χ3n) is 2.40. The fraction of sp³-hybridized carbons (Fsp3) is 0.417. The van der Waals surface area contributed by atoms with Gasteiger partial charge >= 0.3 is 0 Å². The summed E-state index contributed by atoms with van der Waals surface area (Å²) < 4.78 is 0. The molecule has 3 N–H and O–H groups in total. The molecular weight excluding hydrogens is 238 g/mol. The van der Waals surface area contributed by atoms with Crippen molar-refractivity contribution in [1.82, 2.24) is 4.90 Å². The number of hydrogen-bond donors (Lipinski definition) is 2. The Kier molecular flexibility index (Phi) is 5.25. The summed E-state index contributed by atoms with van der Waals surface area (Å²) in [7, 11) is 3.46. The van der Waals surface area contributed by atoms with Crippen LogP contribution in [0.3, 0.4) is 0 Å². The van der Waals surface area contributed by atoms with E-state index >= 15 is 0 Å². The molecule has 17 heavy (non-hydrogen) atoms. The predicted molar refractivity (Wildman–Crippen MR) is 71.2 cm³/mol. The van der Waals surface area contributed by atoms with Crippen LogP contribution in [0.15, 0.2) is 24.3 Å². The highest BCUT2D eigenvalue weighted by atomic mass is 35.5. The van der Waals surface area contributed by atoms with Crippen LogP contribution in [0.2, 0.25) is 5.02 Å². The molecule has 1 amide bonds. The lowest BCUT2D eigenvalue weighted by Gasteiger charge is -2.20. The lowest BCUT2D eigenvalue weighted by molar-refractivity contribution is -0.128. The zero-order valence-corrected chi connectivity index (χ0v) is 10.9. The Morgan fingerprint density at radius 2 is 2.24 bits per heavy atom. The SMILES string of the molecule is CN(C)C(=O)CC(CN)Nc1cccc(Cl)c1. The highest BCUT2D eigenvalue weighted by Crippen LogP contribution is 2.16. The van der Waals surface area contributed by atoms with Gasteiger partial charge in [-0.2, -0.15) is 0 Å². The van der Waals surface area contributed by atoms with Crippen LogP contribution >= 0.6 is 11.6 Å². The average molecular weight is 256 g/mol. The van der Waals surface area contributed by atoms with Gasteiger partial charge in [-0.15, -0.1) is 0 Å². The number of amides is 1. The average Bonchev–Trinajstić information content (AvgIpc) is 2.27. The minimum Gasteiger partial charge on any atom is -0.380 e. The van der Waals surface area contributed by atoms with E-state index < -0.39 is 0 Å². The molecule has 0 aromatic heterocycles. The Hall–Kier alpha value is -1.26. The molecule has 1 aromatic rings. The van der Waals surface area contributed by atoms with Crippen molar-refractivity contribution in [2.24, 2.45) is 5.73 Å². The van der Waals surface area contributed by atoms with Gasteiger partial charge in [0.05, 0.1) is 0 Å². The fourth-order valence-corrected chi connectivity index (χ4v) is 1.59. The van der Waals surface area contributed by atoms with Gasteiger partial charge in [-0.25, -0.2) is 0 Å². The number of nitrogens with two attached hydrogens (primary N) is 1. The van der Waals surface area contributed by atoms with Gasteiger partial charge in [0, 0.05) is 43.8 Å². The van der Waals surface area contributed by atoms with E-state index in [1.807, 2.05) is 18.2 Å². The van der Waals surface area contributed by atoms with Crippen molar-refractivity contribution >= 4 is 23.2 Å². The minimum atomic E-state index is -0.0802. The molecule has 1 aromatic carbocycles. The molecule has 0 saturated heterocycles. The molecule has 0 aliphatic rings. The van der Waals surface area contributed by atoms with Crippen LogP contribution in [0.1, 0.15) is 6.42 Å². The summed E-state index contributed by atoms with van der Waals surface area (Å²) in [4.78, 5) is 13.1. The van der Waals surface area contributed by atoms with E-state index in [2.05, 4.69) is 5.32 Å². The molecule has 0 aliphatic heterocycles. The number of carbonyl (C=O) groups excluding carboxylic acids is 1. The molecule has 0 spiro atoms. The number of benzene rings is 1.